The summed E-state index contributed by atoms with van der Waals surface area (Å²) in [6, 6.07) is 8.55. The molecule has 2 N–H and O–H groups in total. The summed E-state index contributed by atoms with van der Waals surface area (Å²) in [6.07, 6.45) is -4.88. The van der Waals surface area contributed by atoms with E-state index in [2.05, 4.69) is 20.5 Å². The molecule has 2 aliphatic rings. The zero-order valence-corrected chi connectivity index (χ0v) is 31.4. The molecule has 1 aliphatic heterocycles. The number of hydrogen-bond donors (Lipinski definition) is 2. The summed E-state index contributed by atoms with van der Waals surface area (Å²) in [4.78, 5) is 59.9. The second-order valence-electron chi connectivity index (χ2n) is 15.2. The second kappa shape index (κ2) is 16.9. The topological polar surface area (TPSA) is 135 Å². The number of anilines is 1. The van der Waals surface area contributed by atoms with Crippen molar-refractivity contribution in [2.45, 2.75) is 83.4 Å². The summed E-state index contributed by atoms with van der Waals surface area (Å²) in [5.74, 6) is -11.2. The summed E-state index contributed by atoms with van der Waals surface area (Å²) in [7, 11) is 1.93. The lowest BCUT2D eigenvalue weighted by Gasteiger charge is -2.40. The number of hydrogen-bond acceptors (Lipinski definition) is 6. The van der Waals surface area contributed by atoms with Gasteiger partial charge in [0.1, 0.15) is 11.9 Å². The summed E-state index contributed by atoms with van der Waals surface area (Å²) < 4.78 is 87.6. The van der Waals surface area contributed by atoms with Gasteiger partial charge < -0.3 is 20.4 Å². The first kappa shape index (κ1) is 43.0. The third-order valence-electron chi connectivity index (χ3n) is 11.0. The van der Waals surface area contributed by atoms with E-state index in [-0.39, 0.29) is 55.2 Å². The van der Waals surface area contributed by atoms with Crippen molar-refractivity contribution < 1.29 is 45.5 Å². The molecule has 55 heavy (non-hydrogen) atoms. The Morgan fingerprint density at radius 1 is 1.00 bits per heavy atom. The lowest BCUT2D eigenvalue weighted by Crippen LogP contribution is -2.60. The molecule has 16 heteroatoms. The fourth-order valence-electron chi connectivity index (χ4n) is 6.88. The Morgan fingerprint density at radius 2 is 1.64 bits per heavy atom. The number of benzene rings is 2. The van der Waals surface area contributed by atoms with Crippen LogP contribution >= 0.6 is 0 Å². The number of alkyl halides is 5. The van der Waals surface area contributed by atoms with Crippen LogP contribution in [0.3, 0.4) is 0 Å². The Hall–Kier alpha value is -4.78. The summed E-state index contributed by atoms with van der Waals surface area (Å²) in [6.45, 7) is 8.15. The van der Waals surface area contributed by atoms with Crippen LogP contribution in [0.4, 0.5) is 32.0 Å². The average Bonchev–Trinajstić information content (AvgIpc) is 3.14. The number of halogens is 6. The monoisotopic (exact) mass is 776 g/mol. The lowest BCUT2D eigenvalue weighted by molar-refractivity contribution is -0.230. The summed E-state index contributed by atoms with van der Waals surface area (Å²) in [5.41, 5.74) is -4.22. The highest BCUT2D eigenvalue weighted by molar-refractivity contribution is 6.05. The number of amides is 4. The molecule has 2 aromatic rings. The molecule has 298 valence electrons. The predicted molar refractivity (Wildman–Crippen MR) is 193 cm³/mol. The first-order chi connectivity index (χ1) is 25.6. The van der Waals surface area contributed by atoms with Crippen LogP contribution in [0.15, 0.2) is 47.5 Å². The van der Waals surface area contributed by atoms with Gasteiger partial charge >= 0.3 is 18.0 Å². The van der Waals surface area contributed by atoms with Gasteiger partial charge in [-0.3, -0.25) is 19.2 Å². The molecular formula is C39H46F6N6O4. The molecule has 2 aromatic carbocycles. The third kappa shape index (κ3) is 9.73. The van der Waals surface area contributed by atoms with Crippen molar-refractivity contribution in [3.05, 3.63) is 65.0 Å². The fourth-order valence-corrected chi connectivity index (χ4v) is 6.88. The molecule has 4 amide bonds. The van der Waals surface area contributed by atoms with Crippen LogP contribution in [0.25, 0.3) is 0 Å². The van der Waals surface area contributed by atoms with Crippen molar-refractivity contribution >= 4 is 35.5 Å². The van der Waals surface area contributed by atoms with Gasteiger partial charge in [-0.1, -0.05) is 45.9 Å². The second-order valence-corrected chi connectivity index (χ2v) is 15.2. The molecule has 1 heterocycles. The number of carbonyl (C=O) groups excluding carboxylic acids is 4. The standard InChI is InChI=1S/C39H46F6N6O4/c1-6-31(52)49-32(34(54)51-18-16-50(5)17-19-51)36(2,3)26-10-11-30(29(40)21-26)48-33(53)28(25-12-14-37(4,15-13-25)39(43,44)45)23-47-35(55)38(41,42)27-9-7-8-24(20-27)22-46/h7-11,20-21,23,25,28,32H,6,12-19H2,1-5H3,(H,48,53)(H,49,52)/t25?,28?,32-,37?/m0/s1. The summed E-state index contributed by atoms with van der Waals surface area (Å²) in [5, 5.41) is 14.3. The predicted octanol–water partition coefficient (Wildman–Crippen LogP) is 6.35. The van der Waals surface area contributed by atoms with Gasteiger partial charge in [0, 0.05) is 49.8 Å². The third-order valence-corrected chi connectivity index (χ3v) is 11.0. The molecular weight excluding hydrogens is 730 g/mol. The Balaban J connectivity index is 1.61. The number of nitriles is 1. The number of nitrogens with one attached hydrogen (secondary N) is 2. The van der Waals surface area contributed by atoms with Crippen LogP contribution < -0.4 is 10.6 Å². The largest absolute Gasteiger partial charge is 0.394 e. The minimum absolute atomic E-state index is 0.0977. The minimum Gasteiger partial charge on any atom is -0.343 e. The first-order valence-electron chi connectivity index (χ1n) is 18.1. The Kier molecular flexibility index (Phi) is 13.2. The van der Waals surface area contributed by atoms with Crippen molar-refractivity contribution in [1.82, 2.24) is 15.1 Å². The lowest BCUT2D eigenvalue weighted by atomic mass is 9.68. The molecule has 0 aromatic heterocycles. The normalized spacial score (nSPS) is 21.1. The van der Waals surface area contributed by atoms with Gasteiger partial charge in [-0.2, -0.15) is 27.2 Å². The van der Waals surface area contributed by atoms with Crippen molar-refractivity contribution in [1.29, 1.82) is 5.26 Å². The molecule has 1 unspecified atom stereocenters. The molecule has 4 rings (SSSR count). The van der Waals surface area contributed by atoms with Gasteiger partial charge in [-0.05, 0) is 68.5 Å². The van der Waals surface area contributed by atoms with E-state index in [0.29, 0.717) is 38.0 Å². The van der Waals surface area contributed by atoms with Crippen molar-refractivity contribution in [2.75, 3.05) is 38.5 Å². The SMILES string of the molecule is CCC(=O)N[C@@H](C(=O)N1CCN(C)CC1)C(C)(C)c1ccc(NC(=O)C(C=NC(=O)C(F)(F)c2cccc(C#N)c2)C2CCC(C)(C(F)(F)F)CC2)c(F)c1. The van der Waals surface area contributed by atoms with Crippen LogP contribution in [0.1, 0.15) is 76.5 Å². The van der Waals surface area contributed by atoms with Crippen molar-refractivity contribution in [2.24, 2.45) is 22.2 Å². The van der Waals surface area contributed by atoms with Crippen LogP contribution in [-0.2, 0) is 30.5 Å². The molecule has 0 bridgehead atoms. The van der Waals surface area contributed by atoms with Crippen molar-refractivity contribution in [3.63, 3.8) is 0 Å². The highest BCUT2D eigenvalue weighted by Gasteiger charge is 2.53. The van der Waals surface area contributed by atoms with E-state index in [9.17, 15) is 32.3 Å². The minimum atomic E-state index is -4.54. The van der Waals surface area contributed by atoms with Gasteiger partial charge in [-0.25, -0.2) is 9.38 Å². The molecule has 0 radical (unpaired) electrons. The van der Waals surface area contributed by atoms with E-state index in [0.717, 1.165) is 31.2 Å². The molecule has 10 nitrogen and oxygen atoms in total. The molecule has 1 saturated heterocycles. The van der Waals surface area contributed by atoms with E-state index in [1.165, 1.54) is 18.2 Å². The zero-order chi connectivity index (χ0) is 40.9. The van der Waals surface area contributed by atoms with E-state index >= 15 is 13.2 Å². The highest BCUT2D eigenvalue weighted by Crippen LogP contribution is 2.51. The zero-order valence-electron chi connectivity index (χ0n) is 31.4. The van der Waals surface area contributed by atoms with Gasteiger partial charge in [0.2, 0.25) is 17.7 Å². The number of likely N-dealkylation sites (N-methyl/N-ethyl adjacent to an activating group) is 1. The highest BCUT2D eigenvalue weighted by atomic mass is 19.4. The number of rotatable bonds is 11. The fraction of sp³-hybridized carbons (Fsp3) is 0.538. The maximum Gasteiger partial charge on any atom is 0.394 e. The van der Waals surface area contributed by atoms with Gasteiger partial charge in [-0.15, -0.1) is 0 Å². The Labute approximate surface area is 316 Å². The van der Waals surface area contributed by atoms with Crippen molar-refractivity contribution in [3.8, 4) is 6.07 Å². The average molecular weight is 777 g/mol. The number of carbonyl (C=O) groups is 4. The Morgan fingerprint density at radius 3 is 2.20 bits per heavy atom. The first-order valence-corrected chi connectivity index (χ1v) is 18.1. The van der Waals surface area contributed by atoms with E-state index in [4.69, 9.17) is 5.26 Å². The van der Waals surface area contributed by atoms with Crippen LogP contribution in [0, 0.1) is 34.4 Å². The smallest absolute Gasteiger partial charge is 0.343 e. The van der Waals surface area contributed by atoms with E-state index < -0.39 is 64.0 Å². The van der Waals surface area contributed by atoms with Crippen LogP contribution in [0.2, 0.25) is 0 Å². The molecule has 1 saturated carbocycles. The molecule has 2 atom stereocenters. The van der Waals surface area contributed by atoms with Gasteiger partial charge in [0.25, 0.3) is 0 Å². The van der Waals surface area contributed by atoms with Gasteiger partial charge in [0.05, 0.1) is 28.7 Å². The Bertz CT molecular complexity index is 1830. The van der Waals surface area contributed by atoms with Crippen LogP contribution in [0.5, 0.6) is 0 Å². The number of nitrogens with zero attached hydrogens (tertiary/aromatic N) is 4. The van der Waals surface area contributed by atoms with Crippen LogP contribution in [-0.4, -0.2) is 85.1 Å². The molecule has 2 fully saturated rings. The number of piperazine rings is 1. The molecule has 1 aliphatic carbocycles. The van der Waals surface area contributed by atoms with E-state index in [1.807, 2.05) is 7.05 Å². The van der Waals surface area contributed by atoms with E-state index in [1.54, 1.807) is 31.7 Å². The van der Waals surface area contributed by atoms with Gasteiger partial charge in [0.15, 0.2) is 0 Å². The molecule has 0 spiro atoms. The number of aliphatic imine (C=N–C) groups is 1. The maximum absolute atomic E-state index is 15.9. The quantitative estimate of drug-likeness (QED) is 0.202. The maximum atomic E-state index is 15.9. The summed E-state index contributed by atoms with van der Waals surface area (Å²) >= 11 is 0.